The van der Waals surface area contributed by atoms with E-state index in [2.05, 4.69) is 75.4 Å². The first-order valence-corrected chi connectivity index (χ1v) is 10.2. The molecule has 0 spiro atoms. The van der Waals surface area contributed by atoms with Gasteiger partial charge in [0.05, 0.1) is 8.07 Å². The first-order chi connectivity index (χ1) is 7.15. The average Bonchev–Trinajstić information content (AvgIpc) is 1.97. The lowest BCUT2D eigenvalue weighted by Crippen LogP contribution is -2.52. The van der Waals surface area contributed by atoms with Crippen LogP contribution in [-0.4, -0.2) is 8.07 Å². The second kappa shape index (κ2) is 4.72. The van der Waals surface area contributed by atoms with E-state index in [1.165, 1.54) is 6.42 Å². The highest BCUT2D eigenvalue weighted by Crippen LogP contribution is 2.59. The van der Waals surface area contributed by atoms with Gasteiger partial charge in [-0.3, -0.25) is 0 Å². The molecule has 0 heterocycles. The van der Waals surface area contributed by atoms with Gasteiger partial charge in [0.25, 0.3) is 0 Å². The van der Waals surface area contributed by atoms with Crippen LogP contribution in [0.2, 0.25) is 23.2 Å². The van der Waals surface area contributed by atoms with Gasteiger partial charge in [0.1, 0.15) is 0 Å². The Morgan fingerprint density at radius 1 is 0.824 bits per heavy atom. The summed E-state index contributed by atoms with van der Waals surface area (Å²) in [5.41, 5.74) is 0.425. The fraction of sp³-hybridized carbons (Fsp3) is 1.00. The molecular formula is C16H36Si. The molecule has 0 aliphatic rings. The Morgan fingerprint density at radius 2 is 1.18 bits per heavy atom. The van der Waals surface area contributed by atoms with Crippen LogP contribution in [0.25, 0.3) is 0 Å². The van der Waals surface area contributed by atoms with Crippen LogP contribution in [0.3, 0.4) is 0 Å². The molecule has 0 aliphatic heterocycles. The maximum Gasteiger partial charge on any atom is 0.0589 e. The van der Waals surface area contributed by atoms with Gasteiger partial charge < -0.3 is 0 Å². The van der Waals surface area contributed by atoms with Crippen molar-refractivity contribution in [2.75, 3.05) is 0 Å². The molecule has 0 aliphatic carbocycles. The quantitative estimate of drug-likeness (QED) is 0.516. The Bertz CT molecular complexity index is 250. The summed E-state index contributed by atoms with van der Waals surface area (Å²) in [4.78, 5) is 0. The summed E-state index contributed by atoms with van der Waals surface area (Å²) in [5, 5.41) is 0.973. The molecule has 0 saturated carbocycles. The molecule has 1 unspecified atom stereocenters. The first-order valence-electron chi connectivity index (χ1n) is 7.15. The van der Waals surface area contributed by atoms with Crippen molar-refractivity contribution in [2.45, 2.75) is 91.9 Å². The van der Waals surface area contributed by atoms with E-state index >= 15 is 0 Å². The van der Waals surface area contributed by atoms with E-state index in [1.54, 1.807) is 0 Å². The molecule has 0 radical (unpaired) electrons. The van der Waals surface area contributed by atoms with Crippen LogP contribution < -0.4 is 0 Å². The van der Waals surface area contributed by atoms with E-state index < -0.39 is 8.07 Å². The van der Waals surface area contributed by atoms with E-state index in [9.17, 15) is 0 Å². The van der Waals surface area contributed by atoms with Gasteiger partial charge in [-0.2, -0.15) is 0 Å². The topological polar surface area (TPSA) is 0 Å². The summed E-state index contributed by atoms with van der Waals surface area (Å²) in [7, 11) is -1.33. The second-order valence-electron chi connectivity index (χ2n) is 9.18. The summed E-state index contributed by atoms with van der Waals surface area (Å²) in [5.74, 6) is 0.766. The lowest BCUT2D eigenvalue weighted by atomic mass is 9.80. The van der Waals surface area contributed by atoms with Crippen molar-refractivity contribution in [3.63, 3.8) is 0 Å². The molecule has 104 valence electrons. The van der Waals surface area contributed by atoms with Crippen molar-refractivity contribution >= 4 is 8.07 Å². The first kappa shape index (κ1) is 17.2. The number of hydrogen-bond donors (Lipinski definition) is 0. The Kier molecular flexibility index (Phi) is 4.78. The summed E-state index contributed by atoms with van der Waals surface area (Å²) in [6.07, 6.45) is 1.34. The van der Waals surface area contributed by atoms with Crippen LogP contribution in [0.5, 0.6) is 0 Å². The molecule has 1 atom stereocenters. The molecule has 0 bridgehead atoms. The molecule has 0 fully saturated rings. The highest BCUT2D eigenvalue weighted by atomic mass is 28.3. The zero-order valence-corrected chi connectivity index (χ0v) is 15.3. The van der Waals surface area contributed by atoms with Gasteiger partial charge in [-0.05, 0) is 27.8 Å². The summed E-state index contributed by atoms with van der Waals surface area (Å²) in [6, 6.07) is 0. The summed E-state index contributed by atoms with van der Waals surface area (Å²) < 4.78 is 0. The zero-order chi connectivity index (χ0) is 14.3. The van der Waals surface area contributed by atoms with Crippen molar-refractivity contribution < 1.29 is 0 Å². The SMILES string of the molecule is CC(C)C(C)(CC(C)(C)C)[Si](C)(C)C(C)(C)C. The fourth-order valence-corrected chi connectivity index (χ4v) is 7.23. The van der Waals surface area contributed by atoms with Gasteiger partial charge in [-0.15, -0.1) is 0 Å². The minimum Gasteiger partial charge on any atom is -0.0686 e. The fourth-order valence-electron chi connectivity index (χ4n) is 3.11. The monoisotopic (exact) mass is 256 g/mol. The maximum atomic E-state index is 2.60. The third-order valence-corrected chi connectivity index (χ3v) is 12.8. The van der Waals surface area contributed by atoms with E-state index in [1.807, 2.05) is 0 Å². The number of hydrogen-bond acceptors (Lipinski definition) is 0. The molecule has 17 heavy (non-hydrogen) atoms. The Balaban J connectivity index is 5.52. The average molecular weight is 257 g/mol. The molecule has 0 amide bonds. The minimum atomic E-state index is -1.33. The van der Waals surface area contributed by atoms with Crippen LogP contribution in [0.15, 0.2) is 0 Å². The lowest BCUT2D eigenvalue weighted by Gasteiger charge is -2.55. The maximum absolute atomic E-state index is 2.60. The van der Waals surface area contributed by atoms with Crippen LogP contribution >= 0.6 is 0 Å². The van der Waals surface area contributed by atoms with Crippen LogP contribution in [-0.2, 0) is 0 Å². The van der Waals surface area contributed by atoms with Crippen molar-refractivity contribution in [3.8, 4) is 0 Å². The highest BCUT2D eigenvalue weighted by Gasteiger charge is 2.52. The van der Waals surface area contributed by atoms with Crippen molar-refractivity contribution in [3.05, 3.63) is 0 Å². The van der Waals surface area contributed by atoms with Gasteiger partial charge >= 0.3 is 0 Å². The summed E-state index contributed by atoms with van der Waals surface area (Å²) in [6.45, 7) is 27.1. The summed E-state index contributed by atoms with van der Waals surface area (Å²) >= 11 is 0. The molecule has 0 rings (SSSR count). The van der Waals surface area contributed by atoms with Gasteiger partial charge in [-0.1, -0.05) is 75.4 Å². The Hall–Kier alpha value is 0.217. The standard InChI is InChI=1S/C16H36Si/c1-13(2)16(9,12-14(3,4)5)17(10,11)15(6,7)8/h13H,12H2,1-11H3. The third kappa shape index (κ3) is 3.59. The molecule has 0 N–H and O–H groups in total. The Morgan fingerprint density at radius 3 is 1.35 bits per heavy atom. The number of rotatable bonds is 3. The molecule has 0 aromatic heterocycles. The largest absolute Gasteiger partial charge is 0.0686 e. The van der Waals surface area contributed by atoms with Crippen molar-refractivity contribution in [2.24, 2.45) is 11.3 Å². The van der Waals surface area contributed by atoms with E-state index in [-0.39, 0.29) is 0 Å². The van der Waals surface area contributed by atoms with Crippen molar-refractivity contribution in [1.29, 1.82) is 0 Å². The van der Waals surface area contributed by atoms with Gasteiger partial charge in [0.2, 0.25) is 0 Å². The highest BCUT2D eigenvalue weighted by molar-refractivity contribution is 6.83. The predicted molar refractivity (Wildman–Crippen MR) is 84.5 cm³/mol. The second-order valence-corrected chi connectivity index (χ2v) is 15.1. The van der Waals surface area contributed by atoms with E-state index in [4.69, 9.17) is 0 Å². The van der Waals surface area contributed by atoms with Crippen LogP contribution in [0, 0.1) is 11.3 Å². The van der Waals surface area contributed by atoms with E-state index in [0.29, 0.717) is 15.5 Å². The molecule has 0 saturated heterocycles. The molecular weight excluding hydrogens is 220 g/mol. The van der Waals surface area contributed by atoms with Gasteiger partial charge in [0.15, 0.2) is 0 Å². The molecule has 0 aromatic rings. The van der Waals surface area contributed by atoms with E-state index in [0.717, 1.165) is 5.92 Å². The zero-order valence-electron chi connectivity index (χ0n) is 14.3. The minimum absolute atomic E-state index is 0.425. The van der Waals surface area contributed by atoms with Gasteiger partial charge in [0, 0.05) is 0 Å². The molecule has 0 aromatic carbocycles. The molecule has 0 nitrogen and oxygen atoms in total. The Labute approximate surface area is 112 Å². The lowest BCUT2D eigenvalue weighted by molar-refractivity contribution is 0.259. The third-order valence-electron chi connectivity index (χ3n) is 5.47. The van der Waals surface area contributed by atoms with Gasteiger partial charge in [-0.25, -0.2) is 0 Å². The van der Waals surface area contributed by atoms with Crippen LogP contribution in [0.1, 0.15) is 68.7 Å². The molecule has 1 heteroatoms. The smallest absolute Gasteiger partial charge is 0.0589 e. The normalized spacial score (nSPS) is 18.4. The van der Waals surface area contributed by atoms with Crippen molar-refractivity contribution in [1.82, 2.24) is 0 Å². The predicted octanol–water partition coefficient (Wildman–Crippen LogP) is 6.35. The van der Waals surface area contributed by atoms with Crippen LogP contribution in [0.4, 0.5) is 0 Å².